The first-order valence-corrected chi connectivity index (χ1v) is 2.00. The first-order chi connectivity index (χ1) is 2.00. The van der Waals surface area contributed by atoms with E-state index in [0.717, 1.165) is 0 Å². The quantitative estimate of drug-likeness (QED) is 0.543. The Bertz CT molecular complexity index is 12.4. The molecule has 0 bridgehead atoms. The van der Waals surface area contributed by atoms with Crippen LogP contribution in [-0.2, 0) is 0 Å². The standard InChI is InChI=1S/2C2H6.CH4.Ar.H3N.H/c2*1-2;;;;/h2*1-2H3;1H4;;1H3;/q;;;;;-1. The van der Waals surface area contributed by atoms with E-state index in [1.54, 1.807) is 0 Å². The third-order valence-corrected chi connectivity index (χ3v) is 0. The van der Waals surface area contributed by atoms with Crippen molar-refractivity contribution in [2.75, 3.05) is 0 Å². The second-order valence-electron chi connectivity index (χ2n) is 0. The molecule has 7 heavy (non-hydrogen) atoms. The van der Waals surface area contributed by atoms with E-state index in [-0.39, 0.29) is 52.7 Å². The van der Waals surface area contributed by atoms with Crippen LogP contribution < -0.4 is 6.15 Å². The number of hydrogen-bond acceptors (Lipinski definition) is 1. The summed E-state index contributed by atoms with van der Waals surface area (Å²) in [5.41, 5.74) is 0. The summed E-state index contributed by atoms with van der Waals surface area (Å²) in [5, 5.41) is 0. The zero-order valence-electron chi connectivity index (χ0n) is 6.06. The van der Waals surface area contributed by atoms with E-state index >= 15 is 0 Å². The molecule has 0 aromatic heterocycles. The van der Waals surface area contributed by atoms with Crippen LogP contribution in [0.2, 0.25) is 0 Å². The Morgan fingerprint density at radius 2 is 0.857 bits per heavy atom. The summed E-state index contributed by atoms with van der Waals surface area (Å²) in [6.45, 7) is 8.00. The molecule has 0 saturated carbocycles. The summed E-state index contributed by atoms with van der Waals surface area (Å²) >= 11 is 0. The second-order valence-corrected chi connectivity index (χ2v) is 0. The van der Waals surface area contributed by atoms with Crippen molar-refractivity contribution in [2.45, 2.75) is 35.1 Å². The van der Waals surface area contributed by atoms with Gasteiger partial charge in [-0.3, -0.25) is 0 Å². The van der Waals surface area contributed by atoms with Crippen molar-refractivity contribution in [1.29, 1.82) is 0 Å². The van der Waals surface area contributed by atoms with Gasteiger partial charge in [0.05, 0.1) is 0 Å². The van der Waals surface area contributed by atoms with Crippen molar-refractivity contribution in [3.05, 3.63) is 0 Å². The van der Waals surface area contributed by atoms with E-state index in [1.165, 1.54) is 0 Å². The maximum absolute atomic E-state index is 2.00. The maximum Gasteiger partial charge on any atom is 0 e. The van der Waals surface area contributed by atoms with Crippen molar-refractivity contribution in [3.63, 3.8) is 0 Å². The summed E-state index contributed by atoms with van der Waals surface area (Å²) in [6.07, 6.45) is 0. The molecule has 0 fully saturated rings. The minimum Gasteiger partial charge on any atom is -1.00 e. The normalized spacial score (nSPS) is 1.71. The van der Waals surface area contributed by atoms with Crippen molar-refractivity contribution in [1.82, 2.24) is 6.15 Å². The SMILES string of the molecule is C.CC.CC.N.[Ar].[H-]. The molecule has 2 heteroatoms. The Balaban J connectivity index is -0.00000000167. The molecular formula is C5H20ArN-. The van der Waals surface area contributed by atoms with Crippen molar-refractivity contribution >= 4 is 0 Å². The van der Waals surface area contributed by atoms with Gasteiger partial charge in [0.2, 0.25) is 0 Å². The monoisotopic (exact) mass is 134 g/mol. The van der Waals surface area contributed by atoms with E-state index in [9.17, 15) is 0 Å². The van der Waals surface area contributed by atoms with E-state index in [0.29, 0.717) is 0 Å². The molecule has 0 spiro atoms. The molecule has 0 aromatic rings. The van der Waals surface area contributed by atoms with Crippen molar-refractivity contribution < 1.29 is 39.2 Å². The van der Waals surface area contributed by atoms with Crippen LogP contribution >= 0.6 is 0 Å². The van der Waals surface area contributed by atoms with Crippen LogP contribution in [0.3, 0.4) is 0 Å². The molecule has 0 amide bonds. The largest absolute Gasteiger partial charge is 1.00 e. The van der Waals surface area contributed by atoms with Crippen LogP contribution in [0, 0.1) is 37.7 Å². The predicted octanol–water partition coefficient (Wildman–Crippen LogP) is 2.96. The van der Waals surface area contributed by atoms with Crippen LogP contribution in [0.4, 0.5) is 0 Å². The molecule has 0 unspecified atom stereocenters. The average molecular weight is 134 g/mol. The van der Waals surface area contributed by atoms with E-state index in [4.69, 9.17) is 0 Å². The molecule has 0 aromatic carbocycles. The van der Waals surface area contributed by atoms with Crippen molar-refractivity contribution in [2.24, 2.45) is 0 Å². The summed E-state index contributed by atoms with van der Waals surface area (Å²) < 4.78 is 0. The Morgan fingerprint density at radius 3 is 0.857 bits per heavy atom. The Morgan fingerprint density at radius 1 is 0.857 bits per heavy atom. The van der Waals surface area contributed by atoms with Gasteiger partial charge in [-0.05, 0) is 0 Å². The summed E-state index contributed by atoms with van der Waals surface area (Å²) in [5.74, 6) is 0. The second kappa shape index (κ2) is 188. The Kier molecular flexibility index (Phi) is 1110. The molecule has 1 nitrogen and oxygen atoms in total. The van der Waals surface area contributed by atoms with Gasteiger partial charge in [-0.15, -0.1) is 0 Å². The molecular weight excluding hydrogens is 114 g/mol. The smallest absolute Gasteiger partial charge is 0 e. The molecule has 0 atom stereocenters. The van der Waals surface area contributed by atoms with Crippen LogP contribution in [0.5, 0.6) is 0 Å². The molecule has 0 aliphatic rings. The van der Waals surface area contributed by atoms with Gasteiger partial charge in [-0.25, -0.2) is 0 Å². The number of hydrogen-bond donors (Lipinski definition) is 1. The van der Waals surface area contributed by atoms with Crippen LogP contribution in [-0.4, -0.2) is 0 Å². The Hall–Kier alpha value is 1.22. The average Bonchev–Trinajstić information content (AvgIpc) is 1.50. The molecule has 0 rings (SSSR count). The van der Waals surface area contributed by atoms with Gasteiger partial charge < -0.3 is 7.58 Å². The summed E-state index contributed by atoms with van der Waals surface area (Å²) in [7, 11) is 0. The van der Waals surface area contributed by atoms with Gasteiger partial charge >= 0.3 is 0 Å². The van der Waals surface area contributed by atoms with Crippen LogP contribution in [0.15, 0.2) is 0 Å². The fourth-order valence-electron chi connectivity index (χ4n) is 0. The van der Waals surface area contributed by atoms with Gasteiger partial charge in [0.15, 0.2) is 0 Å². The molecule has 54 valence electrons. The minimum absolute atomic E-state index is 0. The molecule has 0 radical (unpaired) electrons. The fourth-order valence-corrected chi connectivity index (χ4v) is 0. The fraction of sp³-hybridized carbons (Fsp3) is 1.00. The zero-order chi connectivity index (χ0) is 4.00. The molecule has 0 saturated heterocycles. The molecule has 0 aliphatic carbocycles. The van der Waals surface area contributed by atoms with E-state index < -0.39 is 0 Å². The molecule has 0 heterocycles. The predicted molar refractivity (Wildman–Crippen MR) is 35.6 cm³/mol. The molecule has 3 N–H and O–H groups in total. The van der Waals surface area contributed by atoms with Gasteiger partial charge in [0, 0.05) is 37.7 Å². The summed E-state index contributed by atoms with van der Waals surface area (Å²) in [6, 6.07) is 0. The Labute approximate surface area is 79.9 Å². The third-order valence-electron chi connectivity index (χ3n) is 0. The van der Waals surface area contributed by atoms with E-state index in [1.807, 2.05) is 27.7 Å². The first kappa shape index (κ1) is 41.3. The van der Waals surface area contributed by atoms with Crippen LogP contribution in [0.25, 0.3) is 0 Å². The topological polar surface area (TPSA) is 35.0 Å². The van der Waals surface area contributed by atoms with Gasteiger partial charge in [-0.1, -0.05) is 35.1 Å². The van der Waals surface area contributed by atoms with Gasteiger partial charge in [0.25, 0.3) is 0 Å². The zero-order valence-corrected chi connectivity index (χ0v) is 5.77. The van der Waals surface area contributed by atoms with Gasteiger partial charge in [-0.2, -0.15) is 0 Å². The summed E-state index contributed by atoms with van der Waals surface area (Å²) in [4.78, 5) is 0. The maximum atomic E-state index is 2.00. The van der Waals surface area contributed by atoms with Gasteiger partial charge in [0.1, 0.15) is 0 Å². The van der Waals surface area contributed by atoms with Crippen molar-refractivity contribution in [3.8, 4) is 0 Å². The van der Waals surface area contributed by atoms with E-state index in [2.05, 4.69) is 0 Å². The first-order valence-electron chi connectivity index (χ1n) is 2.00. The number of rotatable bonds is 0. The third kappa shape index (κ3) is 132. The minimum atomic E-state index is 0. The molecule has 0 aliphatic heterocycles. The van der Waals surface area contributed by atoms with Crippen LogP contribution in [0.1, 0.15) is 36.5 Å².